The maximum Gasteiger partial charge on any atom is 0.339 e. The molecule has 0 unspecified atom stereocenters. The molecule has 2 rings (SSSR count). The summed E-state index contributed by atoms with van der Waals surface area (Å²) in [4.78, 5) is 24.4. The molecule has 25 heavy (non-hydrogen) atoms. The highest BCUT2D eigenvalue weighted by Gasteiger charge is 2.16. The van der Waals surface area contributed by atoms with E-state index in [0.29, 0.717) is 23.6 Å². The van der Waals surface area contributed by atoms with Crippen LogP contribution in [0.25, 0.3) is 0 Å². The molecule has 0 aromatic heterocycles. The van der Waals surface area contributed by atoms with E-state index >= 15 is 0 Å². The number of anilines is 1. The maximum atomic E-state index is 12.3. The van der Waals surface area contributed by atoms with E-state index in [1.165, 1.54) is 0 Å². The number of para-hydroxylation sites is 2. The van der Waals surface area contributed by atoms with Crippen LogP contribution in [-0.2, 0) is 9.53 Å². The molecule has 0 saturated heterocycles. The van der Waals surface area contributed by atoms with Crippen LogP contribution in [0.2, 0.25) is 0 Å². The van der Waals surface area contributed by atoms with E-state index in [0.717, 1.165) is 16.7 Å². The van der Waals surface area contributed by atoms with Gasteiger partial charge in [0.15, 0.2) is 6.61 Å². The Morgan fingerprint density at radius 1 is 1.04 bits per heavy atom. The lowest BCUT2D eigenvalue weighted by atomic mass is 10.00. The third-order valence-corrected chi connectivity index (χ3v) is 3.68. The molecule has 0 fully saturated rings. The predicted molar refractivity (Wildman–Crippen MR) is 97.2 cm³/mol. The minimum atomic E-state index is -0.497. The fourth-order valence-corrected chi connectivity index (χ4v) is 2.74. The standard InChI is InChI=1S/C20H23NO4/c1-5-24-17-9-7-6-8-16(17)21-18(22)12-25-20(23)19-14(3)10-13(2)11-15(19)4/h6-11H,5,12H2,1-4H3,(H,21,22). The van der Waals surface area contributed by atoms with Gasteiger partial charge >= 0.3 is 5.97 Å². The average Bonchev–Trinajstić information content (AvgIpc) is 2.54. The molecule has 5 heteroatoms. The van der Waals surface area contributed by atoms with Crippen molar-refractivity contribution < 1.29 is 19.1 Å². The summed E-state index contributed by atoms with van der Waals surface area (Å²) in [6.07, 6.45) is 0. The Labute approximate surface area is 148 Å². The normalized spacial score (nSPS) is 10.2. The Morgan fingerprint density at radius 2 is 1.68 bits per heavy atom. The molecule has 0 spiro atoms. The molecule has 0 saturated carbocycles. The SMILES string of the molecule is CCOc1ccccc1NC(=O)COC(=O)c1c(C)cc(C)cc1C. The average molecular weight is 341 g/mol. The Morgan fingerprint density at radius 3 is 2.32 bits per heavy atom. The number of benzene rings is 2. The summed E-state index contributed by atoms with van der Waals surface area (Å²) in [5.74, 6) is -0.332. The van der Waals surface area contributed by atoms with Gasteiger partial charge in [0.2, 0.25) is 0 Å². The number of hydrogen-bond donors (Lipinski definition) is 1. The highest BCUT2D eigenvalue weighted by Crippen LogP contribution is 2.23. The van der Waals surface area contributed by atoms with Crippen molar-refractivity contribution in [2.75, 3.05) is 18.5 Å². The van der Waals surface area contributed by atoms with Gasteiger partial charge in [-0.15, -0.1) is 0 Å². The van der Waals surface area contributed by atoms with E-state index in [4.69, 9.17) is 9.47 Å². The molecule has 0 aliphatic carbocycles. The van der Waals surface area contributed by atoms with Gasteiger partial charge in [-0.1, -0.05) is 29.8 Å². The van der Waals surface area contributed by atoms with E-state index in [9.17, 15) is 9.59 Å². The van der Waals surface area contributed by atoms with Crippen molar-refractivity contribution in [1.29, 1.82) is 0 Å². The molecule has 0 aliphatic rings. The summed E-state index contributed by atoms with van der Waals surface area (Å²) in [5, 5.41) is 2.70. The van der Waals surface area contributed by atoms with E-state index in [1.807, 2.05) is 45.9 Å². The lowest BCUT2D eigenvalue weighted by Crippen LogP contribution is -2.22. The van der Waals surface area contributed by atoms with Gasteiger partial charge in [0, 0.05) is 0 Å². The molecule has 0 aliphatic heterocycles. The van der Waals surface area contributed by atoms with Crippen LogP contribution in [0.4, 0.5) is 5.69 Å². The number of rotatable bonds is 6. The molecular weight excluding hydrogens is 318 g/mol. The fraction of sp³-hybridized carbons (Fsp3) is 0.300. The molecule has 2 aromatic carbocycles. The number of nitrogens with one attached hydrogen (secondary N) is 1. The number of esters is 1. The molecule has 2 aromatic rings. The smallest absolute Gasteiger partial charge is 0.339 e. The Bertz CT molecular complexity index is 760. The number of carbonyl (C=O) groups is 2. The van der Waals surface area contributed by atoms with Gasteiger partial charge in [0.25, 0.3) is 5.91 Å². The van der Waals surface area contributed by atoms with E-state index in [-0.39, 0.29) is 6.61 Å². The van der Waals surface area contributed by atoms with Crippen LogP contribution < -0.4 is 10.1 Å². The summed E-state index contributed by atoms with van der Waals surface area (Å²) >= 11 is 0. The molecule has 0 bridgehead atoms. The number of ether oxygens (including phenoxy) is 2. The van der Waals surface area contributed by atoms with Gasteiger partial charge in [-0.25, -0.2) is 4.79 Å². The minimum Gasteiger partial charge on any atom is -0.492 e. The van der Waals surface area contributed by atoms with Crippen molar-refractivity contribution in [2.45, 2.75) is 27.7 Å². The predicted octanol–water partition coefficient (Wildman–Crippen LogP) is 3.81. The van der Waals surface area contributed by atoms with Crippen molar-refractivity contribution in [3.05, 3.63) is 58.7 Å². The Hall–Kier alpha value is -2.82. The first-order valence-corrected chi connectivity index (χ1v) is 8.19. The molecule has 1 N–H and O–H groups in total. The molecular formula is C20H23NO4. The lowest BCUT2D eigenvalue weighted by molar-refractivity contribution is -0.119. The monoisotopic (exact) mass is 341 g/mol. The van der Waals surface area contributed by atoms with Crippen molar-refractivity contribution in [3.63, 3.8) is 0 Å². The molecule has 0 radical (unpaired) electrons. The molecule has 0 atom stereocenters. The zero-order valence-corrected chi connectivity index (χ0v) is 15.0. The Balaban J connectivity index is 2.00. The van der Waals surface area contributed by atoms with Crippen LogP contribution in [0, 0.1) is 20.8 Å². The van der Waals surface area contributed by atoms with E-state index < -0.39 is 11.9 Å². The van der Waals surface area contributed by atoms with Gasteiger partial charge in [-0.05, 0) is 51.0 Å². The van der Waals surface area contributed by atoms with Gasteiger partial charge in [0.05, 0.1) is 17.9 Å². The maximum absolute atomic E-state index is 12.3. The van der Waals surface area contributed by atoms with Crippen LogP contribution >= 0.6 is 0 Å². The Kier molecular flexibility index (Phi) is 6.17. The highest BCUT2D eigenvalue weighted by molar-refractivity contribution is 5.97. The zero-order chi connectivity index (χ0) is 18.4. The molecule has 132 valence electrons. The van der Waals surface area contributed by atoms with Gasteiger partial charge in [-0.2, -0.15) is 0 Å². The number of carbonyl (C=O) groups excluding carboxylic acids is 2. The number of aryl methyl sites for hydroxylation is 3. The molecule has 1 amide bonds. The lowest BCUT2D eigenvalue weighted by Gasteiger charge is -2.13. The zero-order valence-electron chi connectivity index (χ0n) is 15.0. The largest absolute Gasteiger partial charge is 0.492 e. The van der Waals surface area contributed by atoms with Crippen LogP contribution in [0.3, 0.4) is 0 Å². The fourth-order valence-electron chi connectivity index (χ4n) is 2.74. The quantitative estimate of drug-likeness (QED) is 0.812. The third-order valence-electron chi connectivity index (χ3n) is 3.68. The topological polar surface area (TPSA) is 64.6 Å². The van der Waals surface area contributed by atoms with Crippen LogP contribution in [-0.4, -0.2) is 25.1 Å². The van der Waals surface area contributed by atoms with Crippen LogP contribution in [0.1, 0.15) is 34.0 Å². The van der Waals surface area contributed by atoms with Crippen molar-refractivity contribution in [2.24, 2.45) is 0 Å². The first-order valence-electron chi connectivity index (χ1n) is 8.19. The van der Waals surface area contributed by atoms with Gasteiger partial charge in [0.1, 0.15) is 5.75 Å². The van der Waals surface area contributed by atoms with Gasteiger partial charge in [-0.3, -0.25) is 4.79 Å². The van der Waals surface area contributed by atoms with Gasteiger partial charge < -0.3 is 14.8 Å². The molecule has 0 heterocycles. The second-order valence-electron chi connectivity index (χ2n) is 5.83. The second-order valence-corrected chi connectivity index (χ2v) is 5.83. The second kappa shape index (κ2) is 8.33. The van der Waals surface area contributed by atoms with Crippen LogP contribution in [0.15, 0.2) is 36.4 Å². The molecule has 5 nitrogen and oxygen atoms in total. The van der Waals surface area contributed by atoms with Crippen molar-refractivity contribution in [1.82, 2.24) is 0 Å². The summed E-state index contributed by atoms with van der Waals surface area (Å²) in [7, 11) is 0. The summed E-state index contributed by atoms with van der Waals surface area (Å²) in [6, 6.07) is 11.0. The third kappa shape index (κ3) is 4.83. The number of amides is 1. The first kappa shape index (κ1) is 18.5. The summed E-state index contributed by atoms with van der Waals surface area (Å²) in [6.45, 7) is 7.69. The van der Waals surface area contributed by atoms with E-state index in [1.54, 1.807) is 18.2 Å². The minimum absolute atomic E-state index is 0.355. The number of hydrogen-bond acceptors (Lipinski definition) is 4. The van der Waals surface area contributed by atoms with Crippen molar-refractivity contribution in [3.8, 4) is 5.75 Å². The van der Waals surface area contributed by atoms with Crippen molar-refractivity contribution >= 4 is 17.6 Å². The summed E-state index contributed by atoms with van der Waals surface area (Å²) in [5.41, 5.74) is 3.81. The summed E-state index contributed by atoms with van der Waals surface area (Å²) < 4.78 is 10.6. The highest BCUT2D eigenvalue weighted by atomic mass is 16.5. The van der Waals surface area contributed by atoms with Crippen LogP contribution in [0.5, 0.6) is 5.75 Å². The first-order chi connectivity index (χ1) is 11.9. The van der Waals surface area contributed by atoms with E-state index in [2.05, 4.69) is 5.32 Å².